The number of aliphatic carboxylic acids is 3. The van der Waals surface area contributed by atoms with Crippen LogP contribution in [-0.2, 0) is 34.1 Å². The van der Waals surface area contributed by atoms with Gasteiger partial charge in [0, 0.05) is 69.1 Å². The SMILES string of the molecule is Cc1cc(-c2ccc(NC(=O)[C@@H](CCCCN)NC(=O)CN3CCN(CC(=O)O)CCN(CC(=O)O)CCN(CC(=O)O)CC3)c(C)c2)ccc1N=Nc1ccc2c(S(=O)(=O)O)ccc(N)c2c1O. The number of carbonyl (C=O) groups is 5. The highest BCUT2D eigenvalue weighted by atomic mass is 32.2. The Morgan fingerprint density at radius 1 is 0.681 bits per heavy atom. The van der Waals surface area contributed by atoms with Gasteiger partial charge in [-0.1, -0.05) is 18.2 Å². The number of carbonyl (C=O) groups excluding carboxylic acids is 2. The first-order valence-corrected chi connectivity index (χ1v) is 23.7. The molecule has 372 valence electrons. The molecule has 1 fully saturated rings. The Hall–Kier alpha value is -6.60. The van der Waals surface area contributed by atoms with Crippen LogP contribution in [0, 0.1) is 13.8 Å². The molecule has 0 saturated carbocycles. The average Bonchev–Trinajstić information content (AvgIpc) is 3.26. The maximum absolute atomic E-state index is 13.9. The van der Waals surface area contributed by atoms with Gasteiger partial charge in [-0.3, -0.25) is 48.1 Å². The Morgan fingerprint density at radius 3 is 1.67 bits per heavy atom. The van der Waals surface area contributed by atoms with Crippen LogP contribution in [0.2, 0.25) is 0 Å². The van der Waals surface area contributed by atoms with Gasteiger partial charge in [0.1, 0.15) is 16.6 Å². The zero-order chi connectivity index (χ0) is 50.4. The predicted octanol–water partition coefficient (Wildman–Crippen LogP) is 3.10. The van der Waals surface area contributed by atoms with Gasteiger partial charge in [-0.2, -0.15) is 13.5 Å². The fourth-order valence-corrected chi connectivity index (χ4v) is 8.66. The molecule has 0 radical (unpaired) electrons. The van der Waals surface area contributed by atoms with E-state index in [0.717, 1.165) is 28.3 Å². The number of fused-ring (bicyclic) bond motifs is 1. The molecule has 1 atom stereocenters. The molecular formula is C46H60N10O12S. The van der Waals surface area contributed by atoms with E-state index >= 15 is 0 Å². The van der Waals surface area contributed by atoms with Crippen LogP contribution in [0.15, 0.2) is 75.8 Å². The van der Waals surface area contributed by atoms with Gasteiger partial charge in [0.2, 0.25) is 11.8 Å². The first-order chi connectivity index (χ1) is 32.7. The van der Waals surface area contributed by atoms with Gasteiger partial charge in [-0.15, -0.1) is 5.11 Å². The Kier molecular flexibility index (Phi) is 19.0. The van der Waals surface area contributed by atoms with E-state index in [9.17, 15) is 57.4 Å². The van der Waals surface area contributed by atoms with E-state index in [0.29, 0.717) is 37.2 Å². The number of nitrogens with two attached hydrogens (primary N) is 2. The lowest BCUT2D eigenvalue weighted by Gasteiger charge is -2.33. The van der Waals surface area contributed by atoms with Crippen molar-refractivity contribution in [2.75, 3.05) is 96.1 Å². The van der Waals surface area contributed by atoms with E-state index in [4.69, 9.17) is 11.5 Å². The number of phenols is 1. The van der Waals surface area contributed by atoms with Crippen LogP contribution in [-0.4, -0.2) is 174 Å². The van der Waals surface area contributed by atoms with Crippen LogP contribution in [0.3, 0.4) is 0 Å². The maximum atomic E-state index is 13.9. The minimum absolute atomic E-state index is 0.00455. The fourth-order valence-electron chi connectivity index (χ4n) is 7.97. The van der Waals surface area contributed by atoms with Crippen LogP contribution in [0.25, 0.3) is 21.9 Å². The van der Waals surface area contributed by atoms with Gasteiger partial charge < -0.3 is 42.5 Å². The van der Waals surface area contributed by atoms with Crippen molar-refractivity contribution in [3.8, 4) is 16.9 Å². The number of aromatic hydroxyl groups is 1. The molecule has 0 aliphatic carbocycles. The number of rotatable bonds is 19. The van der Waals surface area contributed by atoms with Crippen molar-refractivity contribution in [3.05, 3.63) is 71.8 Å². The summed E-state index contributed by atoms with van der Waals surface area (Å²) in [5.41, 5.74) is 16.0. The van der Waals surface area contributed by atoms with E-state index in [1.807, 2.05) is 38.1 Å². The van der Waals surface area contributed by atoms with Gasteiger partial charge in [-0.25, -0.2) is 0 Å². The normalized spacial score (nSPS) is 15.6. The molecule has 22 nitrogen and oxygen atoms in total. The Balaban J connectivity index is 1.27. The highest BCUT2D eigenvalue weighted by Crippen LogP contribution is 2.41. The smallest absolute Gasteiger partial charge is 0.317 e. The number of unbranched alkanes of at least 4 members (excludes halogenated alkanes) is 1. The number of nitrogens with zero attached hydrogens (tertiary/aromatic N) is 6. The molecule has 1 heterocycles. The Labute approximate surface area is 399 Å². The lowest BCUT2D eigenvalue weighted by Crippen LogP contribution is -2.51. The largest absolute Gasteiger partial charge is 0.505 e. The molecule has 1 aliphatic rings. The van der Waals surface area contributed by atoms with Crippen LogP contribution >= 0.6 is 0 Å². The minimum Gasteiger partial charge on any atom is -0.505 e. The van der Waals surface area contributed by atoms with Crippen LogP contribution in [0.1, 0.15) is 30.4 Å². The molecule has 23 heteroatoms. The van der Waals surface area contributed by atoms with Gasteiger partial charge in [0.25, 0.3) is 10.1 Å². The van der Waals surface area contributed by atoms with Crippen molar-refractivity contribution in [3.63, 3.8) is 0 Å². The number of benzene rings is 4. The molecule has 4 aromatic carbocycles. The van der Waals surface area contributed by atoms with Crippen molar-refractivity contribution in [1.82, 2.24) is 24.9 Å². The number of hydrogen-bond acceptors (Lipinski definition) is 16. The van der Waals surface area contributed by atoms with E-state index in [1.54, 1.807) is 31.7 Å². The van der Waals surface area contributed by atoms with Gasteiger partial charge in [0.05, 0.1) is 37.3 Å². The molecular weight excluding hydrogens is 917 g/mol. The summed E-state index contributed by atoms with van der Waals surface area (Å²) >= 11 is 0. The number of hydrogen-bond donors (Lipinski definition) is 9. The second-order valence-electron chi connectivity index (χ2n) is 16.9. The second-order valence-corrected chi connectivity index (χ2v) is 18.3. The Morgan fingerprint density at radius 2 is 1.17 bits per heavy atom. The number of carboxylic acid groups (broad SMARTS) is 3. The lowest BCUT2D eigenvalue weighted by atomic mass is 10.00. The molecule has 1 saturated heterocycles. The zero-order valence-corrected chi connectivity index (χ0v) is 39.3. The first-order valence-electron chi connectivity index (χ1n) is 22.2. The fraction of sp³-hybridized carbons (Fsp3) is 0.413. The summed E-state index contributed by atoms with van der Waals surface area (Å²) in [4.78, 5) is 68.9. The molecule has 5 rings (SSSR count). The van der Waals surface area contributed by atoms with Crippen molar-refractivity contribution in [2.45, 2.75) is 44.0 Å². The molecule has 4 aromatic rings. The number of amides is 2. The molecule has 1 aliphatic heterocycles. The molecule has 69 heavy (non-hydrogen) atoms. The number of aryl methyl sites for hydroxylation is 2. The summed E-state index contributed by atoms with van der Waals surface area (Å²) in [6.07, 6.45) is 1.46. The summed E-state index contributed by atoms with van der Waals surface area (Å²) in [7, 11) is -4.60. The summed E-state index contributed by atoms with van der Waals surface area (Å²) in [6, 6.07) is 15.2. The van der Waals surface area contributed by atoms with E-state index in [-0.39, 0.29) is 101 Å². The minimum atomic E-state index is -4.60. The number of nitrogens with one attached hydrogen (secondary N) is 2. The number of azo groups is 1. The number of carboxylic acids is 3. The van der Waals surface area contributed by atoms with E-state index in [2.05, 4.69) is 20.9 Å². The first kappa shape index (κ1) is 53.4. The lowest BCUT2D eigenvalue weighted by molar-refractivity contribution is -0.140. The summed E-state index contributed by atoms with van der Waals surface area (Å²) < 4.78 is 33.4. The monoisotopic (exact) mass is 976 g/mol. The molecule has 0 spiro atoms. The molecule has 11 N–H and O–H groups in total. The van der Waals surface area contributed by atoms with Crippen molar-refractivity contribution >= 4 is 73.4 Å². The van der Waals surface area contributed by atoms with Crippen LogP contribution in [0.4, 0.5) is 22.7 Å². The third-order valence-corrected chi connectivity index (χ3v) is 12.6. The quantitative estimate of drug-likeness (QED) is 0.0282. The molecule has 0 unspecified atom stereocenters. The zero-order valence-electron chi connectivity index (χ0n) is 38.5. The summed E-state index contributed by atoms with van der Waals surface area (Å²) in [5.74, 6) is -4.50. The molecule has 2 amide bonds. The maximum Gasteiger partial charge on any atom is 0.317 e. The summed E-state index contributed by atoms with van der Waals surface area (Å²) in [5, 5.41) is 53.9. The predicted molar refractivity (Wildman–Crippen MR) is 258 cm³/mol. The van der Waals surface area contributed by atoms with E-state index in [1.165, 1.54) is 18.2 Å². The Bertz CT molecular complexity index is 2630. The van der Waals surface area contributed by atoms with Gasteiger partial charge >= 0.3 is 17.9 Å². The van der Waals surface area contributed by atoms with Crippen molar-refractivity contribution in [2.24, 2.45) is 16.0 Å². The topological polar surface area (TPSA) is 334 Å². The third kappa shape index (κ3) is 15.7. The van der Waals surface area contributed by atoms with Gasteiger partial charge in [0.15, 0.2) is 5.75 Å². The number of anilines is 2. The van der Waals surface area contributed by atoms with E-state index < -0.39 is 56.5 Å². The highest BCUT2D eigenvalue weighted by Gasteiger charge is 2.25. The number of phenolic OH excluding ortho intramolecular Hbond substituents is 1. The summed E-state index contributed by atoms with van der Waals surface area (Å²) in [6.45, 7) is 4.84. The van der Waals surface area contributed by atoms with Gasteiger partial charge in [-0.05, 0) is 104 Å². The molecule has 0 aromatic heterocycles. The number of nitrogen functional groups attached to an aromatic ring is 1. The highest BCUT2D eigenvalue weighted by molar-refractivity contribution is 7.86. The third-order valence-electron chi connectivity index (χ3n) is 11.7. The van der Waals surface area contributed by atoms with Crippen LogP contribution < -0.4 is 22.1 Å². The molecule has 0 bridgehead atoms. The average molecular weight is 977 g/mol. The second kappa shape index (κ2) is 24.6. The van der Waals surface area contributed by atoms with Crippen molar-refractivity contribution < 1.29 is 57.4 Å². The van der Waals surface area contributed by atoms with Crippen molar-refractivity contribution in [1.29, 1.82) is 0 Å². The van der Waals surface area contributed by atoms with Crippen LogP contribution in [0.5, 0.6) is 5.75 Å². The standard InChI is InChI=1S/C46H60N10O12S/c1-29-23-31(32-7-11-36(30(2)24-32)51-52-37-12-8-33-39(69(66,67)68)13-9-34(48)44(33)45(37)64)6-10-35(29)50-46(65)38(5-3-4-14-47)49-40(57)25-53-15-17-54(26-41(58)59)19-21-56(28-43(62)63)22-20-55(18-16-53)27-42(60)61/h6-13,23-24,38,64H,3-5,14-22,25-28,47-48H2,1-2H3,(H,49,57)(H,50,65)(H,58,59)(H,60,61)(H,62,63)(H,66,67,68)/t38-/m1/s1.